The summed E-state index contributed by atoms with van der Waals surface area (Å²) in [6.45, 7) is 8.08. The van der Waals surface area contributed by atoms with E-state index in [4.69, 9.17) is 0 Å². The summed E-state index contributed by atoms with van der Waals surface area (Å²) in [5.74, 6) is 0.378. The first-order valence-corrected chi connectivity index (χ1v) is 8.04. The lowest BCUT2D eigenvalue weighted by Crippen LogP contribution is -2.44. The Morgan fingerprint density at radius 3 is 2.15 bits per heavy atom. The Hall–Kier alpha value is 0.720. The van der Waals surface area contributed by atoms with Gasteiger partial charge < -0.3 is 10.4 Å². The molecule has 0 aromatic heterocycles. The zero-order valence-electron chi connectivity index (χ0n) is 10.8. The highest BCUT2D eigenvalue weighted by Gasteiger charge is 2.20. The van der Waals surface area contributed by atoms with Gasteiger partial charge in [-0.3, -0.25) is 4.90 Å². The summed E-state index contributed by atoms with van der Waals surface area (Å²) in [7, 11) is 0. The molecule has 1 aliphatic heterocycles. The fourth-order valence-corrected chi connectivity index (χ4v) is 4.03. The molecule has 2 rings (SSSR count). The van der Waals surface area contributed by atoms with Crippen molar-refractivity contribution in [3.8, 4) is 5.75 Å². The molecule has 0 aliphatic carbocycles. The van der Waals surface area contributed by atoms with E-state index in [-0.39, 0.29) is 30.9 Å². The van der Waals surface area contributed by atoms with E-state index in [9.17, 15) is 5.11 Å². The zero-order chi connectivity index (χ0) is 13.1. The van der Waals surface area contributed by atoms with E-state index in [1.165, 1.54) is 5.56 Å². The number of nitrogens with one attached hydrogen (secondary N) is 1. The third kappa shape index (κ3) is 4.88. The molecule has 1 saturated heterocycles. The Morgan fingerprint density at radius 1 is 1.20 bits per heavy atom. The fraction of sp³-hybridized carbons (Fsp3) is 0.385. The van der Waals surface area contributed by atoms with Gasteiger partial charge in [0.25, 0.3) is 0 Å². The van der Waals surface area contributed by atoms with Crippen molar-refractivity contribution in [3.63, 3.8) is 0 Å². The lowest BCUT2D eigenvalue weighted by Gasteiger charge is -2.33. The molecule has 0 bridgehead atoms. The Labute approximate surface area is 159 Å². The molecule has 1 atom stereocenters. The normalized spacial score (nSPS) is 16.7. The standard InChI is InChI=1S/C13H16I2N2O.2ClH/c1-2-12(17-5-3-16-4-6-17)9-7-10(14)13(18)11(15)8-9;;/h2,7-8,12,16,18H,1,3-6H2;2*1H/t12-;;/m1../s1. The van der Waals surface area contributed by atoms with Crippen molar-refractivity contribution in [2.75, 3.05) is 26.2 Å². The van der Waals surface area contributed by atoms with Crippen LogP contribution in [-0.4, -0.2) is 36.2 Å². The molecule has 0 spiro atoms. The Morgan fingerprint density at radius 2 is 1.70 bits per heavy atom. The van der Waals surface area contributed by atoms with Crippen LogP contribution in [-0.2, 0) is 0 Å². The maximum absolute atomic E-state index is 9.83. The summed E-state index contributed by atoms with van der Waals surface area (Å²) in [6.07, 6.45) is 1.99. The minimum absolute atomic E-state index is 0. The third-order valence-corrected chi connectivity index (χ3v) is 4.79. The molecule has 1 aromatic carbocycles. The highest BCUT2D eigenvalue weighted by atomic mass is 127. The molecule has 7 heteroatoms. The van der Waals surface area contributed by atoms with E-state index < -0.39 is 0 Å². The summed E-state index contributed by atoms with van der Waals surface area (Å²) in [5.41, 5.74) is 1.21. The van der Waals surface area contributed by atoms with Crippen molar-refractivity contribution in [1.29, 1.82) is 0 Å². The van der Waals surface area contributed by atoms with E-state index in [0.29, 0.717) is 5.75 Å². The second-order valence-electron chi connectivity index (χ2n) is 4.30. The van der Waals surface area contributed by atoms with Gasteiger partial charge in [0, 0.05) is 26.2 Å². The van der Waals surface area contributed by atoms with Gasteiger partial charge in [0.2, 0.25) is 0 Å². The van der Waals surface area contributed by atoms with Crippen LogP contribution in [0.5, 0.6) is 5.75 Å². The molecule has 2 N–H and O–H groups in total. The lowest BCUT2D eigenvalue weighted by atomic mass is 10.0. The first-order chi connectivity index (χ1) is 8.63. The second kappa shape index (κ2) is 9.68. The van der Waals surface area contributed by atoms with Gasteiger partial charge in [0.15, 0.2) is 0 Å². The smallest absolute Gasteiger partial charge is 0.142 e. The molecule has 1 aliphatic rings. The highest BCUT2D eigenvalue weighted by molar-refractivity contribution is 14.1. The van der Waals surface area contributed by atoms with Gasteiger partial charge in [-0.25, -0.2) is 0 Å². The number of nitrogens with zero attached hydrogens (tertiary/aromatic N) is 1. The van der Waals surface area contributed by atoms with Crippen LogP contribution >= 0.6 is 70.0 Å². The van der Waals surface area contributed by atoms with Gasteiger partial charge in [-0.05, 0) is 62.9 Å². The zero-order valence-corrected chi connectivity index (χ0v) is 16.8. The summed E-state index contributed by atoms with van der Waals surface area (Å²) >= 11 is 4.35. The number of halogens is 4. The van der Waals surface area contributed by atoms with Crippen LogP contribution in [0.15, 0.2) is 24.8 Å². The number of piperazine rings is 1. The van der Waals surface area contributed by atoms with E-state index in [1.807, 2.05) is 18.2 Å². The lowest BCUT2D eigenvalue weighted by molar-refractivity contribution is 0.203. The molecular formula is C13H18Cl2I2N2O. The number of rotatable bonds is 3. The average Bonchev–Trinajstić information content (AvgIpc) is 2.38. The number of phenolic OH excluding ortho intramolecular Hbond substituents is 1. The molecule has 0 unspecified atom stereocenters. The van der Waals surface area contributed by atoms with Crippen LogP contribution in [0.2, 0.25) is 0 Å². The number of aromatic hydroxyl groups is 1. The van der Waals surface area contributed by atoms with E-state index in [2.05, 4.69) is 62.0 Å². The van der Waals surface area contributed by atoms with Crippen LogP contribution in [0, 0.1) is 7.14 Å². The van der Waals surface area contributed by atoms with Gasteiger partial charge >= 0.3 is 0 Å². The van der Waals surface area contributed by atoms with Crippen molar-refractivity contribution < 1.29 is 5.11 Å². The molecule has 1 fully saturated rings. The first-order valence-electron chi connectivity index (χ1n) is 5.88. The van der Waals surface area contributed by atoms with Crippen LogP contribution in [0.25, 0.3) is 0 Å². The van der Waals surface area contributed by atoms with Crippen molar-refractivity contribution in [1.82, 2.24) is 10.2 Å². The van der Waals surface area contributed by atoms with Gasteiger partial charge in [-0.2, -0.15) is 0 Å². The Bertz CT molecular complexity index is 431. The molecule has 114 valence electrons. The van der Waals surface area contributed by atoms with Crippen LogP contribution < -0.4 is 5.32 Å². The van der Waals surface area contributed by atoms with Crippen LogP contribution in [0.3, 0.4) is 0 Å². The maximum Gasteiger partial charge on any atom is 0.142 e. The van der Waals surface area contributed by atoms with Gasteiger partial charge in [-0.1, -0.05) is 6.08 Å². The maximum atomic E-state index is 9.83. The summed E-state index contributed by atoms with van der Waals surface area (Å²) < 4.78 is 1.80. The number of hydrogen-bond donors (Lipinski definition) is 2. The highest BCUT2D eigenvalue weighted by Crippen LogP contribution is 2.32. The van der Waals surface area contributed by atoms with E-state index in [0.717, 1.165) is 33.3 Å². The monoisotopic (exact) mass is 542 g/mol. The van der Waals surface area contributed by atoms with Crippen molar-refractivity contribution >= 4 is 70.0 Å². The SMILES string of the molecule is C=C[C@H](c1cc(I)c(O)c(I)c1)N1CCNCC1.Cl.Cl. The van der Waals surface area contributed by atoms with Gasteiger partial charge in [0.1, 0.15) is 5.75 Å². The summed E-state index contributed by atoms with van der Waals surface area (Å²) in [5, 5.41) is 13.2. The van der Waals surface area contributed by atoms with Crippen LogP contribution in [0.1, 0.15) is 11.6 Å². The molecule has 0 saturated carbocycles. The predicted molar refractivity (Wildman–Crippen MR) is 105 cm³/mol. The fourth-order valence-electron chi connectivity index (χ4n) is 2.21. The van der Waals surface area contributed by atoms with E-state index >= 15 is 0 Å². The summed E-state index contributed by atoms with van der Waals surface area (Å²) in [4.78, 5) is 2.42. The molecule has 0 amide bonds. The molecule has 1 aromatic rings. The Balaban J connectivity index is 0.00000180. The molecule has 20 heavy (non-hydrogen) atoms. The largest absolute Gasteiger partial charge is 0.506 e. The molecule has 3 nitrogen and oxygen atoms in total. The number of benzene rings is 1. The minimum Gasteiger partial charge on any atom is -0.506 e. The summed E-state index contributed by atoms with van der Waals surface area (Å²) in [6, 6.07) is 4.33. The molecule has 1 heterocycles. The first kappa shape index (κ1) is 20.7. The second-order valence-corrected chi connectivity index (χ2v) is 6.62. The van der Waals surface area contributed by atoms with Gasteiger partial charge in [-0.15, -0.1) is 31.4 Å². The quantitative estimate of drug-likeness (QED) is 0.453. The Kier molecular flexibility index (Phi) is 10.0. The predicted octanol–water partition coefficient (Wildman–Crippen LogP) is 3.58. The molecular weight excluding hydrogens is 525 g/mol. The molecule has 0 radical (unpaired) electrons. The topological polar surface area (TPSA) is 35.5 Å². The van der Waals surface area contributed by atoms with E-state index in [1.54, 1.807) is 0 Å². The van der Waals surface area contributed by atoms with Crippen LogP contribution in [0.4, 0.5) is 0 Å². The van der Waals surface area contributed by atoms with Crippen molar-refractivity contribution in [2.24, 2.45) is 0 Å². The minimum atomic E-state index is 0. The van der Waals surface area contributed by atoms with Crippen molar-refractivity contribution in [2.45, 2.75) is 6.04 Å². The average molecular weight is 543 g/mol. The van der Waals surface area contributed by atoms with Crippen molar-refractivity contribution in [3.05, 3.63) is 37.5 Å². The number of hydrogen-bond acceptors (Lipinski definition) is 3. The third-order valence-electron chi connectivity index (χ3n) is 3.15. The number of phenols is 1. The van der Waals surface area contributed by atoms with Gasteiger partial charge in [0.05, 0.1) is 13.2 Å².